The fourth-order valence-corrected chi connectivity index (χ4v) is 1.88. The average Bonchev–Trinajstić information content (AvgIpc) is 2.13. The van der Waals surface area contributed by atoms with Crippen LogP contribution < -0.4 is 0 Å². The lowest BCUT2D eigenvalue weighted by Gasteiger charge is -2.20. The van der Waals surface area contributed by atoms with E-state index in [1.54, 1.807) is 6.07 Å². The van der Waals surface area contributed by atoms with Crippen LogP contribution in [0.1, 0.15) is 45.4 Å². The van der Waals surface area contributed by atoms with E-state index in [2.05, 4.69) is 25.8 Å². The smallest absolute Gasteiger partial charge is 0.0975 e. The van der Waals surface area contributed by atoms with Crippen LogP contribution in [0, 0.1) is 5.41 Å². The van der Waals surface area contributed by atoms with Crippen molar-refractivity contribution < 1.29 is 5.11 Å². The van der Waals surface area contributed by atoms with E-state index in [-0.39, 0.29) is 5.41 Å². The Morgan fingerprint density at radius 1 is 1.38 bits per heavy atom. The Hall–Kier alpha value is -0.310. The molecular formula is C12H17Cl2NO. The predicted molar refractivity (Wildman–Crippen MR) is 67.9 cm³/mol. The van der Waals surface area contributed by atoms with Gasteiger partial charge in [0.05, 0.1) is 21.8 Å². The summed E-state index contributed by atoms with van der Waals surface area (Å²) in [6.45, 7) is 6.41. The van der Waals surface area contributed by atoms with E-state index in [9.17, 15) is 5.11 Å². The standard InChI is InChI=1S/C12H17Cl2NO/c1-12(2,3)5-4-10(16)11-9(14)6-8(13)7-15-11/h6-7,10,16H,4-5H2,1-3H3. The van der Waals surface area contributed by atoms with E-state index in [4.69, 9.17) is 23.2 Å². The van der Waals surface area contributed by atoms with Crippen molar-refractivity contribution in [2.45, 2.75) is 39.7 Å². The zero-order valence-corrected chi connectivity index (χ0v) is 11.3. The molecule has 90 valence electrons. The third kappa shape index (κ3) is 4.28. The van der Waals surface area contributed by atoms with Crippen LogP contribution in [0.25, 0.3) is 0 Å². The topological polar surface area (TPSA) is 33.1 Å². The molecule has 0 radical (unpaired) electrons. The van der Waals surface area contributed by atoms with Crippen LogP contribution in [0.4, 0.5) is 0 Å². The van der Waals surface area contributed by atoms with Crippen molar-refractivity contribution in [3.63, 3.8) is 0 Å². The second-order valence-electron chi connectivity index (χ2n) is 5.14. The third-order valence-electron chi connectivity index (χ3n) is 2.32. The number of aromatic nitrogens is 1. The van der Waals surface area contributed by atoms with Gasteiger partial charge >= 0.3 is 0 Å². The quantitative estimate of drug-likeness (QED) is 0.883. The maximum absolute atomic E-state index is 9.97. The lowest BCUT2D eigenvalue weighted by Crippen LogP contribution is -2.09. The van der Waals surface area contributed by atoms with Gasteiger partial charge in [-0.05, 0) is 24.3 Å². The maximum atomic E-state index is 9.97. The Labute approximate surface area is 107 Å². The number of pyridine rings is 1. The highest BCUT2D eigenvalue weighted by atomic mass is 35.5. The summed E-state index contributed by atoms with van der Waals surface area (Å²) in [7, 11) is 0. The molecule has 1 unspecified atom stereocenters. The first-order valence-corrected chi connectivity index (χ1v) is 6.04. The number of nitrogens with zero attached hydrogens (tertiary/aromatic N) is 1. The van der Waals surface area contributed by atoms with E-state index in [1.807, 2.05) is 0 Å². The first kappa shape index (κ1) is 13.8. The molecule has 0 fully saturated rings. The van der Waals surface area contributed by atoms with E-state index >= 15 is 0 Å². The molecule has 0 bridgehead atoms. The summed E-state index contributed by atoms with van der Waals surface area (Å²) in [5.74, 6) is 0. The molecule has 0 aliphatic rings. The highest BCUT2D eigenvalue weighted by Crippen LogP contribution is 2.30. The Morgan fingerprint density at radius 3 is 2.50 bits per heavy atom. The molecule has 1 aromatic rings. The SMILES string of the molecule is CC(C)(C)CCC(O)c1ncc(Cl)cc1Cl. The molecule has 0 amide bonds. The Balaban J connectivity index is 2.70. The van der Waals surface area contributed by atoms with Gasteiger partial charge in [0.15, 0.2) is 0 Å². The van der Waals surface area contributed by atoms with Crippen LogP contribution in [-0.4, -0.2) is 10.1 Å². The zero-order valence-electron chi connectivity index (χ0n) is 9.80. The molecule has 1 aromatic heterocycles. The first-order valence-electron chi connectivity index (χ1n) is 5.28. The number of halogens is 2. The minimum Gasteiger partial charge on any atom is -0.387 e. The lowest BCUT2D eigenvalue weighted by atomic mass is 9.89. The number of hydrogen-bond donors (Lipinski definition) is 1. The molecule has 1 atom stereocenters. The molecule has 1 rings (SSSR count). The van der Waals surface area contributed by atoms with E-state index in [0.717, 1.165) is 6.42 Å². The average molecular weight is 262 g/mol. The van der Waals surface area contributed by atoms with Gasteiger partial charge < -0.3 is 5.11 Å². The summed E-state index contributed by atoms with van der Waals surface area (Å²) < 4.78 is 0. The number of hydrogen-bond acceptors (Lipinski definition) is 2. The van der Waals surface area contributed by atoms with Gasteiger partial charge in [-0.25, -0.2) is 0 Å². The summed E-state index contributed by atoms with van der Waals surface area (Å²) in [6.07, 6.45) is 2.44. The fraction of sp³-hybridized carbons (Fsp3) is 0.583. The van der Waals surface area contributed by atoms with Crippen molar-refractivity contribution in [3.8, 4) is 0 Å². The molecule has 1 N–H and O–H groups in total. The lowest BCUT2D eigenvalue weighted by molar-refractivity contribution is 0.143. The summed E-state index contributed by atoms with van der Waals surface area (Å²) in [5, 5.41) is 10.9. The normalized spacial score (nSPS) is 13.9. The van der Waals surface area contributed by atoms with Crippen LogP contribution >= 0.6 is 23.2 Å². The maximum Gasteiger partial charge on any atom is 0.0975 e. The van der Waals surface area contributed by atoms with Crippen LogP contribution in [0.15, 0.2) is 12.3 Å². The summed E-state index contributed by atoms with van der Waals surface area (Å²) >= 11 is 11.7. The van der Waals surface area contributed by atoms with Gasteiger partial charge in [-0.3, -0.25) is 4.98 Å². The fourth-order valence-electron chi connectivity index (χ4n) is 1.38. The van der Waals surface area contributed by atoms with E-state index < -0.39 is 6.10 Å². The van der Waals surface area contributed by atoms with Crippen molar-refractivity contribution in [1.82, 2.24) is 4.98 Å². The van der Waals surface area contributed by atoms with Gasteiger partial charge in [0.25, 0.3) is 0 Å². The number of aliphatic hydroxyl groups excluding tert-OH is 1. The van der Waals surface area contributed by atoms with Gasteiger partial charge in [0.2, 0.25) is 0 Å². The van der Waals surface area contributed by atoms with Gasteiger partial charge in [0, 0.05) is 6.20 Å². The Bertz CT molecular complexity index is 361. The molecule has 0 saturated carbocycles. The molecule has 4 heteroatoms. The van der Waals surface area contributed by atoms with Crippen molar-refractivity contribution >= 4 is 23.2 Å². The van der Waals surface area contributed by atoms with Gasteiger partial charge in [-0.2, -0.15) is 0 Å². The summed E-state index contributed by atoms with van der Waals surface area (Å²) in [6, 6.07) is 1.60. The molecule has 0 spiro atoms. The second kappa shape index (κ2) is 5.35. The van der Waals surface area contributed by atoms with Crippen molar-refractivity contribution in [2.75, 3.05) is 0 Å². The largest absolute Gasteiger partial charge is 0.387 e. The first-order chi connectivity index (χ1) is 7.29. The third-order valence-corrected chi connectivity index (χ3v) is 2.83. The van der Waals surface area contributed by atoms with Crippen molar-refractivity contribution in [3.05, 3.63) is 28.0 Å². The Kier molecular flexibility index (Phi) is 4.60. The van der Waals surface area contributed by atoms with Crippen molar-refractivity contribution in [2.24, 2.45) is 5.41 Å². The number of rotatable bonds is 3. The molecule has 0 aliphatic heterocycles. The zero-order chi connectivity index (χ0) is 12.3. The highest BCUT2D eigenvalue weighted by Gasteiger charge is 2.17. The van der Waals surface area contributed by atoms with Crippen LogP contribution in [0.3, 0.4) is 0 Å². The monoisotopic (exact) mass is 261 g/mol. The van der Waals surface area contributed by atoms with Crippen LogP contribution in [0.2, 0.25) is 10.0 Å². The molecule has 2 nitrogen and oxygen atoms in total. The Morgan fingerprint density at radius 2 is 2.00 bits per heavy atom. The highest BCUT2D eigenvalue weighted by molar-refractivity contribution is 6.34. The number of aliphatic hydroxyl groups is 1. The predicted octanol–water partition coefficient (Wildman–Crippen LogP) is 4.25. The molecule has 16 heavy (non-hydrogen) atoms. The van der Waals surface area contributed by atoms with Gasteiger partial charge in [-0.1, -0.05) is 44.0 Å². The molecular weight excluding hydrogens is 245 g/mol. The van der Waals surface area contributed by atoms with Gasteiger partial charge in [-0.15, -0.1) is 0 Å². The van der Waals surface area contributed by atoms with Gasteiger partial charge in [0.1, 0.15) is 0 Å². The van der Waals surface area contributed by atoms with Crippen molar-refractivity contribution in [1.29, 1.82) is 0 Å². The second-order valence-corrected chi connectivity index (χ2v) is 5.98. The van der Waals surface area contributed by atoms with E-state index in [1.165, 1.54) is 6.20 Å². The minimum absolute atomic E-state index is 0.194. The summed E-state index contributed by atoms with van der Waals surface area (Å²) in [4.78, 5) is 4.06. The van der Waals surface area contributed by atoms with Crippen LogP contribution in [-0.2, 0) is 0 Å². The molecule has 0 saturated heterocycles. The molecule has 0 aromatic carbocycles. The summed E-state index contributed by atoms with van der Waals surface area (Å²) in [5.41, 5.74) is 0.704. The van der Waals surface area contributed by atoms with Crippen LogP contribution in [0.5, 0.6) is 0 Å². The minimum atomic E-state index is -0.621. The molecule has 0 aliphatic carbocycles. The van der Waals surface area contributed by atoms with E-state index in [0.29, 0.717) is 22.2 Å². The molecule has 1 heterocycles.